The molecule has 0 saturated carbocycles. The molecule has 21 heavy (non-hydrogen) atoms. The van der Waals surface area contributed by atoms with E-state index in [0.717, 1.165) is 0 Å². The monoisotopic (exact) mass is 285 g/mol. The molecule has 3 rings (SSSR count). The fourth-order valence-corrected chi connectivity index (χ4v) is 2.33. The number of benzene rings is 2. The van der Waals surface area contributed by atoms with Crippen molar-refractivity contribution in [2.24, 2.45) is 5.73 Å². The Morgan fingerprint density at radius 2 is 1.71 bits per heavy atom. The summed E-state index contributed by atoms with van der Waals surface area (Å²) in [5, 5.41) is 0. The van der Waals surface area contributed by atoms with Gasteiger partial charge in [0.2, 0.25) is 0 Å². The van der Waals surface area contributed by atoms with Crippen molar-refractivity contribution in [2.75, 3.05) is 0 Å². The average molecular weight is 285 g/mol. The molecule has 0 aliphatic heterocycles. The van der Waals surface area contributed by atoms with Crippen LogP contribution in [-0.4, -0.2) is 9.97 Å². The Kier molecular flexibility index (Phi) is 3.35. The number of hydrogen-bond acceptors (Lipinski definition) is 3. The van der Waals surface area contributed by atoms with Crippen LogP contribution in [0.25, 0.3) is 11.0 Å². The highest BCUT2D eigenvalue weighted by Crippen LogP contribution is 2.28. The SMILES string of the molecule is Cc1ccc(C(N)c2cccc3nccnc23)c(F)c1F. The Bertz CT molecular complexity index is 812. The van der Waals surface area contributed by atoms with Crippen molar-refractivity contribution in [1.29, 1.82) is 0 Å². The van der Waals surface area contributed by atoms with Gasteiger partial charge in [0.25, 0.3) is 0 Å². The van der Waals surface area contributed by atoms with Crippen LogP contribution in [0.2, 0.25) is 0 Å². The van der Waals surface area contributed by atoms with E-state index in [1.165, 1.54) is 19.1 Å². The zero-order chi connectivity index (χ0) is 15.0. The third kappa shape index (κ3) is 2.25. The predicted octanol–water partition coefficient (Wildman–Crippen LogP) is 3.26. The Balaban J connectivity index is 2.17. The lowest BCUT2D eigenvalue weighted by Gasteiger charge is -2.16. The molecule has 1 unspecified atom stereocenters. The van der Waals surface area contributed by atoms with E-state index in [1.807, 2.05) is 0 Å². The molecule has 2 N–H and O–H groups in total. The number of halogens is 2. The number of fused-ring (bicyclic) bond motifs is 1. The molecule has 106 valence electrons. The van der Waals surface area contributed by atoms with E-state index in [1.54, 1.807) is 30.6 Å². The van der Waals surface area contributed by atoms with E-state index < -0.39 is 17.7 Å². The first-order valence-corrected chi connectivity index (χ1v) is 6.49. The number of nitrogens with zero attached hydrogens (tertiary/aromatic N) is 2. The van der Waals surface area contributed by atoms with Crippen molar-refractivity contribution in [3.8, 4) is 0 Å². The number of rotatable bonds is 2. The first kappa shape index (κ1) is 13.6. The summed E-state index contributed by atoms with van der Waals surface area (Å²) in [6, 6.07) is 7.54. The fraction of sp³-hybridized carbons (Fsp3) is 0.125. The van der Waals surface area contributed by atoms with Gasteiger partial charge in [-0.3, -0.25) is 9.97 Å². The third-order valence-corrected chi connectivity index (χ3v) is 3.51. The van der Waals surface area contributed by atoms with Gasteiger partial charge in [-0.2, -0.15) is 0 Å². The number of nitrogens with two attached hydrogens (primary N) is 1. The highest BCUT2D eigenvalue weighted by molar-refractivity contribution is 5.78. The summed E-state index contributed by atoms with van der Waals surface area (Å²) in [5.41, 5.74) is 8.36. The van der Waals surface area contributed by atoms with Gasteiger partial charge < -0.3 is 5.73 Å². The molecule has 0 radical (unpaired) electrons. The summed E-state index contributed by atoms with van der Waals surface area (Å²) >= 11 is 0. The van der Waals surface area contributed by atoms with Crippen LogP contribution in [0.4, 0.5) is 8.78 Å². The standard InChI is InChI=1S/C16H13F2N3/c1-9-5-6-10(14(18)13(9)17)15(19)11-3-2-4-12-16(11)21-8-7-20-12/h2-8,15H,19H2,1H3. The first-order chi connectivity index (χ1) is 10.1. The molecule has 1 atom stereocenters. The number of para-hydroxylation sites is 1. The van der Waals surface area contributed by atoms with E-state index in [9.17, 15) is 8.78 Å². The second kappa shape index (κ2) is 5.18. The van der Waals surface area contributed by atoms with Gasteiger partial charge in [0, 0.05) is 23.5 Å². The molecule has 1 aromatic heterocycles. The normalized spacial score (nSPS) is 12.6. The minimum absolute atomic E-state index is 0.108. The molecule has 0 fully saturated rings. The first-order valence-electron chi connectivity index (χ1n) is 6.49. The number of aryl methyl sites for hydroxylation is 1. The molecule has 0 spiro atoms. The second-order valence-electron chi connectivity index (χ2n) is 4.85. The third-order valence-electron chi connectivity index (χ3n) is 3.51. The molecular formula is C16H13F2N3. The van der Waals surface area contributed by atoms with Crippen molar-refractivity contribution in [3.05, 3.63) is 71.1 Å². The lowest BCUT2D eigenvalue weighted by molar-refractivity contribution is 0.489. The molecule has 2 aromatic carbocycles. The van der Waals surface area contributed by atoms with Gasteiger partial charge in [0.05, 0.1) is 17.1 Å². The summed E-state index contributed by atoms with van der Waals surface area (Å²) in [7, 11) is 0. The van der Waals surface area contributed by atoms with Crippen molar-refractivity contribution < 1.29 is 8.78 Å². The molecule has 0 bridgehead atoms. The van der Waals surface area contributed by atoms with E-state index in [4.69, 9.17) is 5.73 Å². The molecule has 0 aliphatic carbocycles. The van der Waals surface area contributed by atoms with E-state index >= 15 is 0 Å². The summed E-state index contributed by atoms with van der Waals surface area (Å²) in [6.07, 6.45) is 3.12. The van der Waals surface area contributed by atoms with Gasteiger partial charge in [0.1, 0.15) is 0 Å². The lowest BCUT2D eigenvalue weighted by Crippen LogP contribution is -2.15. The van der Waals surface area contributed by atoms with E-state index in [0.29, 0.717) is 16.6 Å². The van der Waals surface area contributed by atoms with Crippen molar-refractivity contribution in [3.63, 3.8) is 0 Å². The highest BCUT2D eigenvalue weighted by Gasteiger charge is 2.20. The van der Waals surface area contributed by atoms with Crippen LogP contribution in [0.3, 0.4) is 0 Å². The zero-order valence-corrected chi connectivity index (χ0v) is 11.3. The minimum atomic E-state index is -0.914. The largest absolute Gasteiger partial charge is 0.320 e. The quantitative estimate of drug-likeness (QED) is 0.786. The van der Waals surface area contributed by atoms with Gasteiger partial charge in [-0.25, -0.2) is 8.78 Å². The summed E-state index contributed by atoms with van der Waals surface area (Å²) in [4.78, 5) is 8.42. The predicted molar refractivity (Wildman–Crippen MR) is 76.7 cm³/mol. The maximum Gasteiger partial charge on any atom is 0.164 e. The van der Waals surface area contributed by atoms with Crippen LogP contribution in [0, 0.1) is 18.6 Å². The molecule has 0 saturated heterocycles. The van der Waals surface area contributed by atoms with E-state index in [2.05, 4.69) is 9.97 Å². The fourth-order valence-electron chi connectivity index (χ4n) is 2.33. The van der Waals surface area contributed by atoms with Crippen molar-refractivity contribution >= 4 is 11.0 Å². The molecule has 1 heterocycles. The van der Waals surface area contributed by atoms with Crippen LogP contribution in [0.1, 0.15) is 22.7 Å². The molecule has 3 nitrogen and oxygen atoms in total. The molecule has 5 heteroatoms. The molecule has 3 aromatic rings. The molecule has 0 aliphatic rings. The van der Waals surface area contributed by atoms with Crippen LogP contribution < -0.4 is 5.73 Å². The summed E-state index contributed by atoms with van der Waals surface area (Å²) < 4.78 is 27.8. The second-order valence-corrected chi connectivity index (χ2v) is 4.85. The Morgan fingerprint density at radius 3 is 2.52 bits per heavy atom. The lowest BCUT2D eigenvalue weighted by atomic mass is 9.96. The highest BCUT2D eigenvalue weighted by atomic mass is 19.2. The van der Waals surface area contributed by atoms with Gasteiger partial charge in [-0.1, -0.05) is 24.3 Å². The smallest absolute Gasteiger partial charge is 0.164 e. The Hall–Kier alpha value is -2.40. The van der Waals surface area contributed by atoms with Crippen molar-refractivity contribution in [2.45, 2.75) is 13.0 Å². The van der Waals surface area contributed by atoms with Gasteiger partial charge in [0.15, 0.2) is 11.6 Å². The average Bonchev–Trinajstić information content (AvgIpc) is 2.51. The topological polar surface area (TPSA) is 51.8 Å². The molecular weight excluding hydrogens is 272 g/mol. The Labute approximate surface area is 120 Å². The van der Waals surface area contributed by atoms with Crippen LogP contribution in [-0.2, 0) is 0 Å². The van der Waals surface area contributed by atoms with Crippen molar-refractivity contribution in [1.82, 2.24) is 9.97 Å². The zero-order valence-electron chi connectivity index (χ0n) is 11.3. The number of aromatic nitrogens is 2. The summed E-state index contributed by atoms with van der Waals surface area (Å²) in [5.74, 6) is -1.78. The van der Waals surface area contributed by atoms with Crippen LogP contribution in [0.5, 0.6) is 0 Å². The number of hydrogen-bond donors (Lipinski definition) is 1. The van der Waals surface area contributed by atoms with Crippen LogP contribution >= 0.6 is 0 Å². The maximum atomic E-state index is 14.1. The van der Waals surface area contributed by atoms with Crippen LogP contribution in [0.15, 0.2) is 42.7 Å². The minimum Gasteiger partial charge on any atom is -0.320 e. The van der Waals surface area contributed by atoms with Gasteiger partial charge in [-0.15, -0.1) is 0 Å². The van der Waals surface area contributed by atoms with E-state index in [-0.39, 0.29) is 11.1 Å². The molecule has 0 amide bonds. The Morgan fingerprint density at radius 1 is 0.952 bits per heavy atom. The summed E-state index contributed by atoms with van der Waals surface area (Å²) in [6.45, 7) is 1.51. The van der Waals surface area contributed by atoms with Gasteiger partial charge in [-0.05, 0) is 18.6 Å². The maximum absolute atomic E-state index is 14.1. The van der Waals surface area contributed by atoms with Gasteiger partial charge >= 0.3 is 0 Å².